The van der Waals surface area contributed by atoms with Crippen molar-refractivity contribution in [3.8, 4) is 5.75 Å². The Morgan fingerprint density at radius 2 is 1.62 bits per heavy atom. The Balaban J connectivity index is 1.91. The minimum Gasteiger partial charge on any atom is -0.378 e. The van der Waals surface area contributed by atoms with E-state index in [9.17, 15) is 13.2 Å². The van der Waals surface area contributed by atoms with Crippen LogP contribution in [0.3, 0.4) is 0 Å². The van der Waals surface area contributed by atoms with Gasteiger partial charge < -0.3 is 10.2 Å². The van der Waals surface area contributed by atoms with Crippen molar-refractivity contribution in [3.63, 3.8) is 0 Å². The van der Waals surface area contributed by atoms with Gasteiger partial charge in [-0.3, -0.25) is 0 Å². The summed E-state index contributed by atoms with van der Waals surface area (Å²) in [6.07, 6.45) is 0. The van der Waals surface area contributed by atoms with Gasteiger partial charge in [0.1, 0.15) is 0 Å². The molecule has 0 saturated carbocycles. The molecule has 8 heteroatoms. The summed E-state index contributed by atoms with van der Waals surface area (Å²) in [7, 11) is -3.75. The molecule has 21 heavy (non-hydrogen) atoms. The van der Waals surface area contributed by atoms with Gasteiger partial charge in [-0.05, 0) is 36.4 Å². The molecule has 0 aliphatic rings. The third-order valence-corrected chi connectivity index (χ3v) is 3.37. The average Bonchev–Trinajstić information content (AvgIpc) is 2.46. The quantitative estimate of drug-likeness (QED) is 0.742. The number of carbonyl (C=O) groups is 1. The number of hydrogen-bond acceptors (Lipinski definition) is 4. The number of primary sulfonamides is 1. The number of anilines is 1. The average molecular weight is 307 g/mol. The van der Waals surface area contributed by atoms with Crippen molar-refractivity contribution in [2.24, 2.45) is 5.14 Å². The van der Waals surface area contributed by atoms with Crippen LogP contribution in [0.4, 0.5) is 10.5 Å². The summed E-state index contributed by atoms with van der Waals surface area (Å²) in [5.74, 6) is 0.484. The van der Waals surface area contributed by atoms with Crippen LogP contribution in [0.15, 0.2) is 59.5 Å². The zero-order valence-corrected chi connectivity index (χ0v) is 11.6. The maximum atomic E-state index is 11.6. The first-order valence-corrected chi connectivity index (χ1v) is 7.41. The van der Waals surface area contributed by atoms with Gasteiger partial charge in [0.25, 0.3) is 0 Å². The molecule has 0 aliphatic heterocycles. The van der Waals surface area contributed by atoms with E-state index >= 15 is 0 Å². The molecule has 0 spiro atoms. The van der Waals surface area contributed by atoms with Gasteiger partial charge in [0.2, 0.25) is 10.0 Å². The van der Waals surface area contributed by atoms with E-state index in [1.165, 1.54) is 24.3 Å². The molecule has 0 saturated heterocycles. The van der Waals surface area contributed by atoms with Crippen molar-refractivity contribution in [2.75, 3.05) is 5.32 Å². The monoisotopic (exact) mass is 307 g/mol. The van der Waals surface area contributed by atoms with Crippen molar-refractivity contribution < 1.29 is 18.0 Å². The van der Waals surface area contributed by atoms with Gasteiger partial charge in [0, 0.05) is 5.69 Å². The minimum atomic E-state index is -3.75. The highest BCUT2D eigenvalue weighted by Gasteiger charge is 2.08. The number of hydroxylamine groups is 1. The van der Waals surface area contributed by atoms with E-state index in [1.807, 2.05) is 6.07 Å². The first-order chi connectivity index (χ1) is 9.95. The normalized spacial score (nSPS) is 10.7. The molecule has 0 heterocycles. The van der Waals surface area contributed by atoms with Gasteiger partial charge in [0.15, 0.2) is 5.75 Å². The standard InChI is InChI=1S/C13H13N3O4S/c14-21(18,19)12-8-6-10(7-9-12)15-13(17)16-20-11-4-2-1-3-5-11/h1-9H,(H2,14,18,19)(H2,15,16,17). The first-order valence-electron chi connectivity index (χ1n) is 5.87. The van der Waals surface area contributed by atoms with E-state index < -0.39 is 16.1 Å². The molecule has 0 aromatic heterocycles. The molecule has 0 fully saturated rings. The number of para-hydroxylation sites is 1. The van der Waals surface area contributed by atoms with Crippen molar-refractivity contribution in [1.29, 1.82) is 0 Å². The Morgan fingerprint density at radius 3 is 2.19 bits per heavy atom. The second kappa shape index (κ2) is 6.25. The molecule has 7 nitrogen and oxygen atoms in total. The van der Waals surface area contributed by atoms with Crippen molar-refractivity contribution in [1.82, 2.24) is 5.48 Å². The maximum absolute atomic E-state index is 11.6. The fourth-order valence-electron chi connectivity index (χ4n) is 1.48. The van der Waals surface area contributed by atoms with Crippen LogP contribution in [0.25, 0.3) is 0 Å². The number of hydrogen-bond donors (Lipinski definition) is 3. The number of nitrogens with one attached hydrogen (secondary N) is 2. The van der Waals surface area contributed by atoms with Gasteiger partial charge in [-0.1, -0.05) is 18.2 Å². The molecule has 0 bridgehead atoms. The Bertz CT molecular complexity index is 715. The molecule has 0 radical (unpaired) electrons. The van der Waals surface area contributed by atoms with E-state index in [2.05, 4.69) is 10.8 Å². The van der Waals surface area contributed by atoms with Crippen LogP contribution in [0.1, 0.15) is 0 Å². The lowest BCUT2D eigenvalue weighted by Crippen LogP contribution is -2.31. The number of rotatable bonds is 4. The van der Waals surface area contributed by atoms with E-state index in [0.29, 0.717) is 11.4 Å². The Morgan fingerprint density at radius 1 is 1.00 bits per heavy atom. The Hall–Kier alpha value is -2.58. The fourth-order valence-corrected chi connectivity index (χ4v) is 1.99. The highest BCUT2D eigenvalue weighted by molar-refractivity contribution is 7.89. The smallest absolute Gasteiger partial charge is 0.352 e. The summed E-state index contributed by atoms with van der Waals surface area (Å²) in [6, 6.07) is 13.5. The van der Waals surface area contributed by atoms with Crippen molar-refractivity contribution in [3.05, 3.63) is 54.6 Å². The van der Waals surface area contributed by atoms with Crippen LogP contribution in [-0.4, -0.2) is 14.4 Å². The molecule has 2 aromatic rings. The van der Waals surface area contributed by atoms with Gasteiger partial charge in [-0.2, -0.15) is 5.48 Å². The molecule has 2 amide bonds. The molecule has 110 valence electrons. The third-order valence-electron chi connectivity index (χ3n) is 2.45. The van der Waals surface area contributed by atoms with Crippen molar-refractivity contribution in [2.45, 2.75) is 4.90 Å². The highest BCUT2D eigenvalue weighted by atomic mass is 32.2. The predicted octanol–water partition coefficient (Wildman–Crippen LogP) is 1.45. The predicted molar refractivity (Wildman–Crippen MR) is 77.0 cm³/mol. The number of sulfonamides is 1. The largest absolute Gasteiger partial charge is 0.378 e. The molecule has 2 rings (SSSR count). The maximum Gasteiger partial charge on any atom is 0.352 e. The Kier molecular flexibility index (Phi) is 4.41. The van der Waals surface area contributed by atoms with E-state index in [0.717, 1.165) is 0 Å². The lowest BCUT2D eigenvalue weighted by molar-refractivity contribution is 0.189. The summed E-state index contributed by atoms with van der Waals surface area (Å²) in [5.41, 5.74) is 2.60. The van der Waals surface area contributed by atoms with Gasteiger partial charge in [-0.25, -0.2) is 18.4 Å². The number of nitrogens with two attached hydrogens (primary N) is 1. The summed E-state index contributed by atoms with van der Waals surface area (Å²) in [5, 5.41) is 7.45. The van der Waals surface area contributed by atoms with Gasteiger partial charge in [0.05, 0.1) is 4.90 Å². The molecule has 0 unspecified atom stereocenters. The molecule has 0 aliphatic carbocycles. The number of carbonyl (C=O) groups excluding carboxylic acids is 1. The Labute approximate surface area is 121 Å². The summed E-state index contributed by atoms with van der Waals surface area (Å²) >= 11 is 0. The molecule has 2 aromatic carbocycles. The van der Waals surface area contributed by atoms with E-state index in [-0.39, 0.29) is 4.90 Å². The number of benzene rings is 2. The molecule has 4 N–H and O–H groups in total. The molecular formula is C13H13N3O4S. The molecule has 0 atom stereocenters. The number of amides is 2. The van der Waals surface area contributed by atoms with Crippen molar-refractivity contribution >= 4 is 21.7 Å². The van der Waals surface area contributed by atoms with Gasteiger partial charge in [-0.15, -0.1) is 0 Å². The third kappa shape index (κ3) is 4.48. The second-order valence-electron chi connectivity index (χ2n) is 4.04. The zero-order valence-electron chi connectivity index (χ0n) is 10.8. The summed E-state index contributed by atoms with van der Waals surface area (Å²) in [4.78, 5) is 16.6. The first kappa shape index (κ1) is 14.8. The minimum absolute atomic E-state index is 0.0333. The van der Waals surface area contributed by atoms with Crippen LogP contribution in [0.2, 0.25) is 0 Å². The van der Waals surface area contributed by atoms with Crippen LogP contribution in [0.5, 0.6) is 5.75 Å². The van der Waals surface area contributed by atoms with Crippen LogP contribution in [0, 0.1) is 0 Å². The second-order valence-corrected chi connectivity index (χ2v) is 5.60. The highest BCUT2D eigenvalue weighted by Crippen LogP contribution is 2.12. The summed E-state index contributed by atoms with van der Waals surface area (Å²) in [6.45, 7) is 0. The summed E-state index contributed by atoms with van der Waals surface area (Å²) < 4.78 is 22.2. The number of urea groups is 1. The zero-order chi connectivity index (χ0) is 15.3. The lowest BCUT2D eigenvalue weighted by Gasteiger charge is -2.08. The lowest BCUT2D eigenvalue weighted by atomic mass is 10.3. The van der Waals surface area contributed by atoms with Crippen LogP contribution in [-0.2, 0) is 10.0 Å². The SMILES string of the molecule is NS(=O)(=O)c1ccc(NC(=O)NOc2ccccc2)cc1. The van der Waals surface area contributed by atoms with Gasteiger partial charge >= 0.3 is 6.03 Å². The molecular weight excluding hydrogens is 294 g/mol. The van der Waals surface area contributed by atoms with Crippen LogP contribution >= 0.6 is 0 Å². The topological polar surface area (TPSA) is 111 Å². The van der Waals surface area contributed by atoms with Crippen LogP contribution < -0.4 is 20.8 Å². The van der Waals surface area contributed by atoms with E-state index in [4.69, 9.17) is 9.98 Å². The van der Waals surface area contributed by atoms with E-state index in [1.54, 1.807) is 24.3 Å². The fraction of sp³-hybridized carbons (Fsp3) is 0.